The second-order valence-electron chi connectivity index (χ2n) is 4.71. The summed E-state index contributed by atoms with van der Waals surface area (Å²) in [4.78, 5) is 4.61. The summed E-state index contributed by atoms with van der Waals surface area (Å²) in [5.41, 5.74) is 1.58. The summed E-state index contributed by atoms with van der Waals surface area (Å²) < 4.78 is 0. The van der Waals surface area contributed by atoms with Crippen LogP contribution in [-0.4, -0.2) is 22.5 Å². The molecule has 4 heteroatoms. The first-order chi connectivity index (χ1) is 9.36. The van der Waals surface area contributed by atoms with Crippen LogP contribution in [0.15, 0.2) is 30.3 Å². The molecular formula is C15H15N3S. The predicted molar refractivity (Wildman–Crippen MR) is 80.4 cm³/mol. The van der Waals surface area contributed by atoms with Crippen molar-refractivity contribution >= 4 is 28.5 Å². The van der Waals surface area contributed by atoms with E-state index in [-0.39, 0.29) is 0 Å². The number of pyridine rings is 1. The Morgan fingerprint density at radius 1 is 1.26 bits per heavy atom. The van der Waals surface area contributed by atoms with Gasteiger partial charge in [0.15, 0.2) is 0 Å². The maximum atomic E-state index is 9.26. The molecule has 0 atom stereocenters. The molecule has 0 radical (unpaired) electrons. The molecule has 0 unspecified atom stereocenters. The monoisotopic (exact) mass is 269 g/mol. The van der Waals surface area contributed by atoms with E-state index in [9.17, 15) is 5.26 Å². The van der Waals surface area contributed by atoms with Gasteiger partial charge in [-0.15, -0.1) is 0 Å². The van der Waals surface area contributed by atoms with Gasteiger partial charge in [0.25, 0.3) is 0 Å². The molecule has 3 nitrogen and oxygen atoms in total. The summed E-state index contributed by atoms with van der Waals surface area (Å²) in [6, 6.07) is 12.4. The lowest BCUT2D eigenvalue weighted by atomic mass is 10.1. The Morgan fingerprint density at radius 3 is 2.84 bits per heavy atom. The zero-order valence-electron chi connectivity index (χ0n) is 10.6. The van der Waals surface area contributed by atoms with Crippen LogP contribution in [0.2, 0.25) is 0 Å². The maximum Gasteiger partial charge on any atom is 0.128 e. The molecule has 1 aliphatic rings. The van der Waals surface area contributed by atoms with Crippen molar-refractivity contribution in [2.75, 3.05) is 16.8 Å². The first-order valence-electron chi connectivity index (χ1n) is 6.51. The molecule has 0 saturated carbocycles. The van der Waals surface area contributed by atoms with E-state index in [0.29, 0.717) is 11.6 Å². The Kier molecular flexibility index (Phi) is 3.56. The molecule has 2 aromatic rings. The molecule has 1 fully saturated rings. The van der Waals surface area contributed by atoms with Gasteiger partial charge in [-0.3, -0.25) is 0 Å². The summed E-state index contributed by atoms with van der Waals surface area (Å²) in [6.07, 6.45) is 2.34. The van der Waals surface area contributed by atoms with Crippen LogP contribution < -0.4 is 5.32 Å². The summed E-state index contributed by atoms with van der Waals surface area (Å²) in [5.74, 6) is 3.24. The minimum atomic E-state index is 0.487. The normalized spacial score (nSPS) is 16.2. The van der Waals surface area contributed by atoms with Crippen LogP contribution >= 0.6 is 11.8 Å². The van der Waals surface area contributed by atoms with Gasteiger partial charge in [-0.05, 0) is 36.5 Å². The first kappa shape index (κ1) is 12.3. The van der Waals surface area contributed by atoms with Gasteiger partial charge in [-0.25, -0.2) is 4.98 Å². The van der Waals surface area contributed by atoms with E-state index < -0.39 is 0 Å². The highest BCUT2D eigenvalue weighted by Gasteiger charge is 2.14. The second kappa shape index (κ2) is 5.50. The minimum absolute atomic E-state index is 0.487. The Morgan fingerprint density at radius 2 is 2.05 bits per heavy atom. The van der Waals surface area contributed by atoms with E-state index in [4.69, 9.17) is 0 Å². The average Bonchev–Trinajstić information content (AvgIpc) is 2.47. The topological polar surface area (TPSA) is 48.7 Å². The summed E-state index contributed by atoms with van der Waals surface area (Å²) >= 11 is 2.01. The van der Waals surface area contributed by atoms with Crippen molar-refractivity contribution < 1.29 is 0 Å². The fourth-order valence-corrected chi connectivity index (χ4v) is 3.50. The van der Waals surface area contributed by atoms with Crippen molar-refractivity contribution in [1.29, 1.82) is 5.26 Å². The Labute approximate surface area is 117 Å². The molecule has 1 aromatic carbocycles. The fourth-order valence-electron chi connectivity index (χ4n) is 2.39. The number of thioether (sulfide) groups is 1. The van der Waals surface area contributed by atoms with Crippen LogP contribution in [0.1, 0.15) is 18.4 Å². The fraction of sp³-hybridized carbons (Fsp3) is 0.333. The van der Waals surface area contributed by atoms with E-state index in [1.165, 1.54) is 24.3 Å². The Bertz CT molecular complexity index is 627. The molecule has 3 rings (SSSR count). The van der Waals surface area contributed by atoms with Crippen LogP contribution in [0.5, 0.6) is 0 Å². The largest absolute Gasteiger partial charge is 0.367 e. The Balaban J connectivity index is 1.93. The van der Waals surface area contributed by atoms with Gasteiger partial charge in [0.05, 0.1) is 17.1 Å². The van der Waals surface area contributed by atoms with Crippen LogP contribution in [0.4, 0.5) is 5.82 Å². The number of anilines is 1. The Hall–Kier alpha value is -1.73. The van der Waals surface area contributed by atoms with E-state index in [2.05, 4.69) is 16.4 Å². The van der Waals surface area contributed by atoms with E-state index in [1.807, 2.05) is 42.1 Å². The molecule has 0 aliphatic carbocycles. The smallest absolute Gasteiger partial charge is 0.128 e. The molecular weight excluding hydrogens is 254 g/mol. The van der Waals surface area contributed by atoms with Gasteiger partial charge in [0.1, 0.15) is 5.82 Å². The third-order valence-electron chi connectivity index (χ3n) is 3.41. The molecule has 1 aliphatic heterocycles. The predicted octanol–water partition coefficient (Wildman–Crippen LogP) is 3.41. The number of hydrogen-bond acceptors (Lipinski definition) is 4. The molecule has 0 amide bonds. The van der Waals surface area contributed by atoms with Gasteiger partial charge in [0, 0.05) is 11.4 Å². The zero-order chi connectivity index (χ0) is 13.1. The van der Waals surface area contributed by atoms with E-state index in [1.54, 1.807) is 0 Å². The van der Waals surface area contributed by atoms with Gasteiger partial charge >= 0.3 is 0 Å². The minimum Gasteiger partial charge on any atom is -0.367 e. The zero-order valence-corrected chi connectivity index (χ0v) is 11.4. The number of aromatic nitrogens is 1. The van der Waals surface area contributed by atoms with Crippen molar-refractivity contribution in [3.63, 3.8) is 0 Å². The highest BCUT2D eigenvalue weighted by Crippen LogP contribution is 2.23. The standard InChI is InChI=1S/C15H15N3S/c16-10-11-9-15(17-12-5-7-19-8-6-12)18-14-4-2-1-3-13(11)14/h1-4,9,12H,5-8H2,(H,17,18). The van der Waals surface area contributed by atoms with Gasteiger partial charge in [-0.2, -0.15) is 17.0 Å². The molecule has 1 aromatic heterocycles. The van der Waals surface area contributed by atoms with Crippen LogP contribution in [0.25, 0.3) is 10.9 Å². The number of benzene rings is 1. The van der Waals surface area contributed by atoms with Gasteiger partial charge in [0.2, 0.25) is 0 Å². The lowest BCUT2D eigenvalue weighted by Crippen LogP contribution is -2.25. The van der Waals surface area contributed by atoms with Crippen molar-refractivity contribution in [3.05, 3.63) is 35.9 Å². The first-order valence-corrected chi connectivity index (χ1v) is 7.66. The lowest BCUT2D eigenvalue weighted by Gasteiger charge is -2.23. The van der Waals surface area contributed by atoms with Gasteiger partial charge in [-0.1, -0.05) is 18.2 Å². The number of hydrogen-bond donors (Lipinski definition) is 1. The highest BCUT2D eigenvalue weighted by molar-refractivity contribution is 7.99. The van der Waals surface area contributed by atoms with Crippen molar-refractivity contribution in [2.24, 2.45) is 0 Å². The number of nitrogens with zero attached hydrogens (tertiary/aromatic N) is 2. The summed E-state index contributed by atoms with van der Waals surface area (Å²) in [5, 5.41) is 13.7. The van der Waals surface area contributed by atoms with E-state index >= 15 is 0 Å². The van der Waals surface area contributed by atoms with Crippen molar-refractivity contribution in [3.8, 4) is 6.07 Å². The van der Waals surface area contributed by atoms with Crippen LogP contribution in [0, 0.1) is 11.3 Å². The highest BCUT2D eigenvalue weighted by atomic mass is 32.2. The maximum absolute atomic E-state index is 9.26. The SMILES string of the molecule is N#Cc1cc(NC2CCSCC2)nc2ccccc12. The third-order valence-corrected chi connectivity index (χ3v) is 4.46. The molecule has 1 N–H and O–H groups in total. The third kappa shape index (κ3) is 2.66. The molecule has 0 spiro atoms. The second-order valence-corrected chi connectivity index (χ2v) is 5.94. The van der Waals surface area contributed by atoms with E-state index in [0.717, 1.165) is 16.7 Å². The molecule has 19 heavy (non-hydrogen) atoms. The molecule has 96 valence electrons. The van der Waals surface area contributed by atoms with Crippen molar-refractivity contribution in [1.82, 2.24) is 4.98 Å². The molecule has 0 bridgehead atoms. The lowest BCUT2D eigenvalue weighted by molar-refractivity contribution is 0.664. The van der Waals surface area contributed by atoms with Crippen molar-refractivity contribution in [2.45, 2.75) is 18.9 Å². The summed E-state index contributed by atoms with van der Waals surface area (Å²) in [7, 11) is 0. The van der Waals surface area contributed by atoms with Crippen LogP contribution in [-0.2, 0) is 0 Å². The number of nitriles is 1. The van der Waals surface area contributed by atoms with Crippen LogP contribution in [0.3, 0.4) is 0 Å². The number of rotatable bonds is 2. The molecule has 1 saturated heterocycles. The molecule has 2 heterocycles. The number of nitrogens with one attached hydrogen (secondary N) is 1. The number of fused-ring (bicyclic) bond motifs is 1. The van der Waals surface area contributed by atoms with Gasteiger partial charge < -0.3 is 5.32 Å². The average molecular weight is 269 g/mol. The quantitative estimate of drug-likeness (QED) is 0.907. The summed E-state index contributed by atoms with van der Waals surface area (Å²) in [6.45, 7) is 0. The number of para-hydroxylation sites is 1.